The van der Waals surface area contributed by atoms with Gasteiger partial charge in [0, 0.05) is 26.2 Å². The smallest absolute Gasteiger partial charge is 0.271 e. The van der Waals surface area contributed by atoms with Gasteiger partial charge in [-0.15, -0.1) is 0 Å². The molecule has 148 valence electrons. The zero-order chi connectivity index (χ0) is 19.5. The van der Waals surface area contributed by atoms with Crippen LogP contribution in [0.4, 0.5) is 0 Å². The van der Waals surface area contributed by atoms with Crippen LogP contribution in [-0.4, -0.2) is 47.0 Å². The van der Waals surface area contributed by atoms with E-state index in [2.05, 4.69) is 39.2 Å². The lowest BCUT2D eigenvalue weighted by Gasteiger charge is -2.27. The summed E-state index contributed by atoms with van der Waals surface area (Å²) in [5, 5.41) is 2.53. The van der Waals surface area contributed by atoms with Gasteiger partial charge in [-0.2, -0.15) is 0 Å². The van der Waals surface area contributed by atoms with E-state index in [9.17, 15) is 4.79 Å². The molecule has 1 N–H and O–H groups in total. The molecule has 1 aromatic heterocycles. The Morgan fingerprint density at radius 3 is 2.64 bits per heavy atom. The molecule has 1 aliphatic heterocycles. The van der Waals surface area contributed by atoms with Gasteiger partial charge in [-0.05, 0) is 61.3 Å². The second-order valence-electron chi connectivity index (χ2n) is 7.96. The summed E-state index contributed by atoms with van der Waals surface area (Å²) in [5.41, 5.74) is 3.06. The maximum Gasteiger partial charge on any atom is 0.271 e. The van der Waals surface area contributed by atoms with E-state index in [1.165, 1.54) is 42.8 Å². The lowest BCUT2D eigenvalue weighted by Crippen LogP contribution is -2.35. The first-order chi connectivity index (χ1) is 13.6. The van der Waals surface area contributed by atoms with Crippen molar-refractivity contribution in [3.05, 3.63) is 47.4 Å². The molecular formula is C22H28N4O2. The predicted molar refractivity (Wildman–Crippen MR) is 108 cm³/mol. The van der Waals surface area contributed by atoms with E-state index in [-0.39, 0.29) is 11.6 Å². The van der Waals surface area contributed by atoms with Crippen LogP contribution in [0, 0.1) is 5.92 Å². The molecule has 6 heteroatoms. The number of benzene rings is 1. The van der Waals surface area contributed by atoms with Crippen molar-refractivity contribution >= 4 is 5.91 Å². The number of ether oxygens (including phenoxy) is 1. The molecule has 0 spiro atoms. The Hall–Kier alpha value is -2.47. The van der Waals surface area contributed by atoms with Crippen molar-refractivity contribution in [1.29, 1.82) is 0 Å². The molecule has 1 fully saturated rings. The fourth-order valence-corrected chi connectivity index (χ4v) is 4.39. The average Bonchev–Trinajstić information content (AvgIpc) is 3.03. The molecule has 2 atom stereocenters. The SMILES string of the molecule is CNC(=O)c1cnc(Oc2ccc3c(c2)CCN(C2CCC(C)C2)CC3)cn1. The zero-order valence-electron chi connectivity index (χ0n) is 16.6. The molecule has 1 saturated carbocycles. The summed E-state index contributed by atoms with van der Waals surface area (Å²) >= 11 is 0. The maximum atomic E-state index is 11.6. The number of hydrogen-bond donors (Lipinski definition) is 1. The number of carbonyl (C=O) groups excluding carboxylic acids is 1. The summed E-state index contributed by atoms with van der Waals surface area (Å²) in [7, 11) is 1.57. The molecule has 0 bridgehead atoms. The van der Waals surface area contributed by atoms with Gasteiger partial charge in [-0.25, -0.2) is 9.97 Å². The van der Waals surface area contributed by atoms with Gasteiger partial charge in [0.2, 0.25) is 5.88 Å². The topological polar surface area (TPSA) is 67.3 Å². The normalized spacial score (nSPS) is 22.4. The average molecular weight is 380 g/mol. The van der Waals surface area contributed by atoms with Crippen LogP contribution < -0.4 is 10.1 Å². The number of fused-ring (bicyclic) bond motifs is 1. The number of carbonyl (C=O) groups is 1. The molecule has 28 heavy (non-hydrogen) atoms. The second-order valence-corrected chi connectivity index (χ2v) is 7.96. The van der Waals surface area contributed by atoms with Crippen LogP contribution in [0.25, 0.3) is 0 Å². The van der Waals surface area contributed by atoms with Crippen molar-refractivity contribution < 1.29 is 9.53 Å². The van der Waals surface area contributed by atoms with Crippen molar-refractivity contribution in [2.75, 3.05) is 20.1 Å². The van der Waals surface area contributed by atoms with Crippen molar-refractivity contribution in [2.45, 2.75) is 45.1 Å². The van der Waals surface area contributed by atoms with Crippen LogP contribution in [0.3, 0.4) is 0 Å². The molecule has 4 rings (SSSR count). The monoisotopic (exact) mass is 380 g/mol. The Morgan fingerprint density at radius 1 is 1.14 bits per heavy atom. The Morgan fingerprint density at radius 2 is 1.96 bits per heavy atom. The minimum absolute atomic E-state index is 0.259. The van der Waals surface area contributed by atoms with E-state index >= 15 is 0 Å². The lowest BCUT2D eigenvalue weighted by atomic mass is 10.0. The largest absolute Gasteiger partial charge is 0.437 e. The van der Waals surface area contributed by atoms with Gasteiger partial charge >= 0.3 is 0 Å². The molecule has 2 unspecified atom stereocenters. The second kappa shape index (κ2) is 8.27. The summed E-state index contributed by atoms with van der Waals surface area (Å²) in [6.45, 7) is 4.64. The minimum atomic E-state index is -0.259. The third kappa shape index (κ3) is 4.17. The number of hydrogen-bond acceptors (Lipinski definition) is 5. The van der Waals surface area contributed by atoms with Crippen LogP contribution in [0.2, 0.25) is 0 Å². The predicted octanol–water partition coefficient (Wildman–Crippen LogP) is 3.22. The molecule has 0 radical (unpaired) electrons. The van der Waals surface area contributed by atoms with Crippen molar-refractivity contribution in [3.8, 4) is 11.6 Å². The molecular weight excluding hydrogens is 352 g/mol. The lowest BCUT2D eigenvalue weighted by molar-refractivity contribution is 0.0957. The first kappa shape index (κ1) is 18.9. The molecule has 6 nitrogen and oxygen atoms in total. The molecule has 1 aromatic carbocycles. The molecule has 2 heterocycles. The Labute approximate surface area is 166 Å². The summed E-state index contributed by atoms with van der Waals surface area (Å²) in [4.78, 5) is 22.5. The van der Waals surface area contributed by atoms with Gasteiger partial charge < -0.3 is 10.1 Å². The first-order valence-corrected chi connectivity index (χ1v) is 10.2. The van der Waals surface area contributed by atoms with E-state index in [1.807, 2.05) is 6.07 Å². The van der Waals surface area contributed by atoms with Gasteiger partial charge in [0.1, 0.15) is 11.4 Å². The van der Waals surface area contributed by atoms with E-state index in [0.29, 0.717) is 5.88 Å². The Balaban J connectivity index is 1.42. The summed E-state index contributed by atoms with van der Waals surface area (Å²) in [6.07, 6.45) is 9.12. The number of nitrogens with one attached hydrogen (secondary N) is 1. The standard InChI is InChI=1S/C22H28N4O2/c1-15-3-5-18(11-15)26-9-7-16-4-6-19(12-17(16)8-10-26)28-21-14-24-20(13-25-21)22(27)23-2/h4,6,12-15,18H,3,5,7-11H2,1-2H3,(H,23,27). The zero-order valence-corrected chi connectivity index (χ0v) is 16.6. The van der Waals surface area contributed by atoms with Crippen molar-refractivity contribution in [3.63, 3.8) is 0 Å². The van der Waals surface area contributed by atoms with Crippen LogP contribution in [0.5, 0.6) is 11.6 Å². The fraction of sp³-hybridized carbons (Fsp3) is 0.500. The summed E-state index contributed by atoms with van der Waals surface area (Å²) in [5.74, 6) is 1.77. The van der Waals surface area contributed by atoms with Gasteiger partial charge in [0.15, 0.2) is 0 Å². The van der Waals surface area contributed by atoms with E-state index in [1.54, 1.807) is 7.05 Å². The highest BCUT2D eigenvalue weighted by Crippen LogP contribution is 2.31. The highest BCUT2D eigenvalue weighted by Gasteiger charge is 2.28. The molecule has 1 aliphatic carbocycles. The Kier molecular flexibility index (Phi) is 5.57. The summed E-state index contributed by atoms with van der Waals surface area (Å²) < 4.78 is 5.88. The van der Waals surface area contributed by atoms with Crippen LogP contribution in [0.1, 0.15) is 47.8 Å². The minimum Gasteiger partial charge on any atom is -0.437 e. The third-order valence-corrected chi connectivity index (χ3v) is 6.01. The Bertz CT molecular complexity index is 837. The van der Waals surface area contributed by atoms with Crippen molar-refractivity contribution in [2.24, 2.45) is 5.92 Å². The van der Waals surface area contributed by atoms with E-state index in [4.69, 9.17) is 4.74 Å². The molecule has 0 saturated heterocycles. The van der Waals surface area contributed by atoms with E-state index < -0.39 is 0 Å². The van der Waals surface area contributed by atoms with Gasteiger partial charge in [0.05, 0.1) is 12.4 Å². The highest BCUT2D eigenvalue weighted by molar-refractivity contribution is 5.91. The van der Waals surface area contributed by atoms with Crippen LogP contribution in [0.15, 0.2) is 30.6 Å². The maximum absolute atomic E-state index is 11.6. The van der Waals surface area contributed by atoms with Crippen LogP contribution >= 0.6 is 0 Å². The van der Waals surface area contributed by atoms with Gasteiger partial charge in [-0.1, -0.05) is 13.0 Å². The summed E-state index contributed by atoms with van der Waals surface area (Å²) in [6, 6.07) is 7.07. The van der Waals surface area contributed by atoms with E-state index in [0.717, 1.165) is 43.6 Å². The fourth-order valence-electron chi connectivity index (χ4n) is 4.39. The number of nitrogens with zero attached hydrogens (tertiary/aromatic N) is 3. The highest BCUT2D eigenvalue weighted by atomic mass is 16.5. The third-order valence-electron chi connectivity index (χ3n) is 6.01. The molecule has 1 amide bonds. The number of rotatable bonds is 4. The van der Waals surface area contributed by atoms with Gasteiger partial charge in [-0.3, -0.25) is 9.69 Å². The van der Waals surface area contributed by atoms with Crippen LogP contribution in [-0.2, 0) is 12.8 Å². The first-order valence-electron chi connectivity index (χ1n) is 10.2. The van der Waals surface area contributed by atoms with Crippen molar-refractivity contribution in [1.82, 2.24) is 20.2 Å². The molecule has 2 aliphatic rings. The quantitative estimate of drug-likeness (QED) is 0.882. The molecule has 2 aromatic rings. The number of amides is 1. The number of aromatic nitrogens is 2. The van der Waals surface area contributed by atoms with Gasteiger partial charge in [0.25, 0.3) is 5.91 Å².